The number of aromatic nitrogens is 1. The van der Waals surface area contributed by atoms with Gasteiger partial charge in [0.15, 0.2) is 0 Å². The fourth-order valence-electron chi connectivity index (χ4n) is 2.91. The van der Waals surface area contributed by atoms with Crippen LogP contribution in [0, 0.1) is 17.2 Å². The van der Waals surface area contributed by atoms with Gasteiger partial charge < -0.3 is 14.1 Å². The maximum Gasteiger partial charge on any atom is 0.235 e. The maximum absolute atomic E-state index is 9.34. The van der Waals surface area contributed by atoms with Crippen molar-refractivity contribution in [2.24, 2.45) is 5.92 Å². The molecule has 3 rings (SSSR count). The molecule has 130 valence electrons. The van der Waals surface area contributed by atoms with Crippen LogP contribution < -0.4 is 9.64 Å². The quantitative estimate of drug-likeness (QED) is 0.811. The summed E-state index contributed by atoms with van der Waals surface area (Å²) < 4.78 is 11.3. The first-order valence-electron chi connectivity index (χ1n) is 8.76. The average molecular weight is 337 g/mol. The van der Waals surface area contributed by atoms with Crippen molar-refractivity contribution in [3.63, 3.8) is 0 Å². The molecule has 2 heterocycles. The molecule has 0 saturated carbocycles. The molecule has 0 N–H and O–H groups in total. The molecule has 0 spiro atoms. The molecule has 0 bridgehead atoms. The molecular formula is C20H23N3O2. The second-order valence-electron chi connectivity index (χ2n) is 6.32. The van der Waals surface area contributed by atoms with Crippen molar-refractivity contribution < 1.29 is 9.15 Å². The predicted octanol–water partition coefficient (Wildman–Crippen LogP) is 4.35. The molecule has 0 atom stereocenters. The van der Waals surface area contributed by atoms with Crippen molar-refractivity contribution in [1.82, 2.24) is 4.98 Å². The summed E-state index contributed by atoms with van der Waals surface area (Å²) in [4.78, 5) is 6.43. The fraction of sp³-hybridized carbons (Fsp3) is 0.400. The van der Waals surface area contributed by atoms with E-state index in [0.717, 1.165) is 43.2 Å². The van der Waals surface area contributed by atoms with Crippen LogP contribution in [0.1, 0.15) is 43.8 Å². The summed E-state index contributed by atoms with van der Waals surface area (Å²) >= 11 is 0. The van der Waals surface area contributed by atoms with E-state index >= 15 is 0 Å². The molecule has 0 radical (unpaired) electrons. The summed E-state index contributed by atoms with van der Waals surface area (Å²) in [6, 6.07) is 9.96. The van der Waals surface area contributed by atoms with Crippen LogP contribution in [0.15, 0.2) is 28.7 Å². The van der Waals surface area contributed by atoms with Gasteiger partial charge in [-0.05, 0) is 49.5 Å². The normalized spacial score (nSPS) is 15.5. The van der Waals surface area contributed by atoms with Crippen LogP contribution in [-0.2, 0) is 0 Å². The van der Waals surface area contributed by atoms with Crippen LogP contribution in [0.2, 0.25) is 0 Å². The minimum absolute atomic E-state index is 0.362. The van der Waals surface area contributed by atoms with Gasteiger partial charge in [0.2, 0.25) is 17.5 Å². The zero-order chi connectivity index (χ0) is 17.6. The van der Waals surface area contributed by atoms with Gasteiger partial charge in [-0.25, -0.2) is 0 Å². The summed E-state index contributed by atoms with van der Waals surface area (Å²) in [5.74, 6) is 2.63. The molecule has 5 nitrogen and oxygen atoms in total. The number of hydrogen-bond acceptors (Lipinski definition) is 5. The fourth-order valence-corrected chi connectivity index (χ4v) is 2.91. The molecule has 5 heteroatoms. The van der Waals surface area contributed by atoms with Crippen LogP contribution in [-0.4, -0.2) is 24.7 Å². The standard InChI is InChI=1S/C20H23N3O2/c1-3-24-17-7-4-16(5-8-17)6-9-19-22-18(14-21)20(25-19)23-12-10-15(2)11-13-23/h4-9,15H,3,10-13H2,1-2H3. The minimum atomic E-state index is 0.362. The molecule has 1 saturated heterocycles. The van der Waals surface area contributed by atoms with E-state index in [2.05, 4.69) is 22.9 Å². The van der Waals surface area contributed by atoms with Gasteiger partial charge in [-0.1, -0.05) is 19.1 Å². The first-order valence-corrected chi connectivity index (χ1v) is 8.76. The van der Waals surface area contributed by atoms with E-state index in [1.165, 1.54) is 0 Å². The summed E-state index contributed by atoms with van der Waals surface area (Å²) in [6.07, 6.45) is 5.95. The van der Waals surface area contributed by atoms with E-state index in [1.54, 1.807) is 6.08 Å². The number of ether oxygens (including phenoxy) is 1. The Morgan fingerprint density at radius 3 is 2.64 bits per heavy atom. The van der Waals surface area contributed by atoms with Gasteiger partial charge >= 0.3 is 0 Å². The van der Waals surface area contributed by atoms with E-state index in [9.17, 15) is 5.26 Å². The molecule has 25 heavy (non-hydrogen) atoms. The van der Waals surface area contributed by atoms with Crippen molar-refractivity contribution in [1.29, 1.82) is 5.26 Å². The van der Waals surface area contributed by atoms with Crippen molar-refractivity contribution in [3.05, 3.63) is 41.4 Å². The van der Waals surface area contributed by atoms with Crippen molar-refractivity contribution in [2.45, 2.75) is 26.7 Å². The highest BCUT2D eigenvalue weighted by atomic mass is 16.5. The number of nitrogens with zero attached hydrogens (tertiary/aromatic N) is 3. The second-order valence-corrected chi connectivity index (χ2v) is 6.32. The Kier molecular flexibility index (Phi) is 5.39. The maximum atomic E-state index is 9.34. The number of hydrogen-bond donors (Lipinski definition) is 0. The lowest BCUT2D eigenvalue weighted by Gasteiger charge is -2.29. The van der Waals surface area contributed by atoms with E-state index < -0.39 is 0 Å². The minimum Gasteiger partial charge on any atom is -0.494 e. The number of rotatable bonds is 5. The molecule has 0 unspecified atom stereocenters. The monoisotopic (exact) mass is 337 g/mol. The predicted molar refractivity (Wildman–Crippen MR) is 98.4 cm³/mol. The first kappa shape index (κ1) is 17.1. The summed E-state index contributed by atoms with van der Waals surface area (Å²) in [5.41, 5.74) is 1.38. The van der Waals surface area contributed by atoms with E-state index in [-0.39, 0.29) is 0 Å². The third-order valence-electron chi connectivity index (χ3n) is 4.41. The first-order chi connectivity index (χ1) is 12.2. The molecular weight excluding hydrogens is 314 g/mol. The molecule has 0 amide bonds. The molecule has 2 aromatic rings. The lowest BCUT2D eigenvalue weighted by Crippen LogP contribution is -2.32. The highest BCUT2D eigenvalue weighted by molar-refractivity contribution is 5.67. The third-order valence-corrected chi connectivity index (χ3v) is 4.41. The molecule has 1 aromatic heterocycles. The van der Waals surface area contributed by atoms with Gasteiger partial charge in [-0.15, -0.1) is 0 Å². The number of piperidine rings is 1. The van der Waals surface area contributed by atoms with Crippen LogP contribution in [0.25, 0.3) is 12.2 Å². The zero-order valence-electron chi connectivity index (χ0n) is 14.7. The Bertz CT molecular complexity index is 763. The van der Waals surface area contributed by atoms with Crippen LogP contribution in [0.4, 0.5) is 5.88 Å². The largest absolute Gasteiger partial charge is 0.494 e. The van der Waals surface area contributed by atoms with Gasteiger partial charge in [0.05, 0.1) is 6.61 Å². The highest BCUT2D eigenvalue weighted by Crippen LogP contribution is 2.27. The molecule has 0 aliphatic carbocycles. The van der Waals surface area contributed by atoms with E-state index in [4.69, 9.17) is 9.15 Å². The SMILES string of the molecule is CCOc1ccc(C=Cc2nc(C#N)c(N3CCC(C)CC3)o2)cc1. The highest BCUT2D eigenvalue weighted by Gasteiger charge is 2.23. The summed E-state index contributed by atoms with van der Waals surface area (Å²) in [5, 5.41) is 9.34. The average Bonchev–Trinajstić information content (AvgIpc) is 3.05. The Hall–Kier alpha value is -2.74. The molecule has 1 fully saturated rings. The van der Waals surface area contributed by atoms with Gasteiger partial charge in [-0.2, -0.15) is 10.2 Å². The van der Waals surface area contributed by atoms with E-state index in [0.29, 0.717) is 24.1 Å². The summed E-state index contributed by atoms with van der Waals surface area (Å²) in [6.45, 7) is 6.69. The molecule has 1 aliphatic rings. The number of anilines is 1. The Balaban J connectivity index is 1.73. The Morgan fingerprint density at radius 1 is 1.28 bits per heavy atom. The lowest BCUT2D eigenvalue weighted by atomic mass is 9.99. The number of benzene rings is 1. The van der Waals surface area contributed by atoms with Crippen molar-refractivity contribution in [3.8, 4) is 11.8 Å². The topological polar surface area (TPSA) is 62.3 Å². The Labute approximate surface area is 148 Å². The second kappa shape index (κ2) is 7.89. The van der Waals surface area contributed by atoms with Gasteiger partial charge in [0.1, 0.15) is 11.8 Å². The van der Waals surface area contributed by atoms with Gasteiger partial charge in [0.25, 0.3) is 0 Å². The van der Waals surface area contributed by atoms with Crippen LogP contribution in [0.5, 0.6) is 5.75 Å². The molecule has 1 aromatic carbocycles. The Morgan fingerprint density at radius 2 is 2.00 bits per heavy atom. The van der Waals surface area contributed by atoms with Gasteiger partial charge in [0, 0.05) is 19.2 Å². The number of nitriles is 1. The van der Waals surface area contributed by atoms with Gasteiger partial charge in [-0.3, -0.25) is 0 Å². The van der Waals surface area contributed by atoms with Crippen molar-refractivity contribution in [2.75, 3.05) is 24.6 Å². The number of oxazole rings is 1. The molecule has 1 aliphatic heterocycles. The van der Waals surface area contributed by atoms with Crippen molar-refractivity contribution >= 4 is 18.0 Å². The van der Waals surface area contributed by atoms with E-state index in [1.807, 2.05) is 37.3 Å². The van der Waals surface area contributed by atoms with Crippen LogP contribution in [0.3, 0.4) is 0 Å². The zero-order valence-corrected chi connectivity index (χ0v) is 14.7. The smallest absolute Gasteiger partial charge is 0.235 e. The summed E-state index contributed by atoms with van der Waals surface area (Å²) in [7, 11) is 0. The lowest BCUT2D eigenvalue weighted by molar-refractivity contribution is 0.340. The third kappa shape index (κ3) is 4.21. The van der Waals surface area contributed by atoms with Crippen LogP contribution >= 0.6 is 0 Å².